The summed E-state index contributed by atoms with van der Waals surface area (Å²) in [7, 11) is 1.61. The molecule has 0 aliphatic rings. The number of rotatable bonds is 9. The fraction of sp³-hybridized carbons (Fsp3) is 0.538. The molecular weight excluding hydrogens is 264 g/mol. The Kier molecular flexibility index (Phi) is 6.92. The Balaban J connectivity index is 2.71. The monoisotopic (exact) mass is 284 g/mol. The average Bonchev–Trinajstić information content (AvgIpc) is 2.41. The van der Waals surface area contributed by atoms with Gasteiger partial charge in [0.1, 0.15) is 6.61 Å². The number of aliphatic hydroxyl groups is 1. The van der Waals surface area contributed by atoms with Gasteiger partial charge in [-0.25, -0.2) is 0 Å². The molecule has 0 saturated carbocycles. The molecule has 0 radical (unpaired) electrons. The lowest BCUT2D eigenvalue weighted by Crippen LogP contribution is -2.18. The zero-order chi connectivity index (χ0) is 15.0. The van der Waals surface area contributed by atoms with Crippen LogP contribution in [0.5, 0.6) is 5.75 Å². The molecule has 0 aliphatic heterocycles. The topological polar surface area (TPSA) is 93.9 Å². The summed E-state index contributed by atoms with van der Waals surface area (Å²) in [5, 5.41) is 23.3. The van der Waals surface area contributed by atoms with Crippen LogP contribution in [0.4, 0.5) is 5.69 Å². The highest BCUT2D eigenvalue weighted by Gasteiger charge is 2.16. The number of hydrogen-bond acceptors (Lipinski definition) is 6. The van der Waals surface area contributed by atoms with Crippen LogP contribution in [0.2, 0.25) is 0 Å². The summed E-state index contributed by atoms with van der Waals surface area (Å²) < 4.78 is 10.1. The first kappa shape index (κ1) is 16.4. The number of ether oxygens (including phenoxy) is 2. The Bertz CT molecular complexity index is 437. The van der Waals surface area contributed by atoms with Gasteiger partial charge in [0, 0.05) is 26.3 Å². The molecule has 0 heterocycles. The van der Waals surface area contributed by atoms with Gasteiger partial charge >= 0.3 is 5.69 Å². The number of nitro groups is 1. The minimum atomic E-state index is -0.676. The minimum Gasteiger partial charge on any atom is -0.484 e. The van der Waals surface area contributed by atoms with Crippen LogP contribution >= 0.6 is 0 Å². The highest BCUT2D eigenvalue weighted by Crippen LogP contribution is 2.28. The Labute approximate surface area is 117 Å². The van der Waals surface area contributed by atoms with Gasteiger partial charge in [-0.2, -0.15) is 0 Å². The van der Waals surface area contributed by atoms with E-state index in [1.807, 2.05) is 0 Å². The summed E-state index contributed by atoms with van der Waals surface area (Å²) in [5.74, 6) is 0.163. The Morgan fingerprint density at radius 3 is 2.85 bits per heavy atom. The van der Waals surface area contributed by atoms with Crippen LogP contribution < -0.4 is 10.1 Å². The second kappa shape index (κ2) is 8.47. The third kappa shape index (κ3) is 5.52. The molecule has 7 heteroatoms. The van der Waals surface area contributed by atoms with Crippen LogP contribution in [0, 0.1) is 10.1 Å². The van der Waals surface area contributed by atoms with E-state index in [1.54, 1.807) is 26.2 Å². The number of aliphatic hydroxyl groups excluding tert-OH is 1. The smallest absolute Gasteiger partial charge is 0.311 e. The van der Waals surface area contributed by atoms with Crippen molar-refractivity contribution in [2.75, 3.05) is 26.9 Å². The van der Waals surface area contributed by atoms with Crippen LogP contribution in [0.1, 0.15) is 12.5 Å². The minimum absolute atomic E-state index is 0.0201. The van der Waals surface area contributed by atoms with Crippen molar-refractivity contribution in [2.45, 2.75) is 19.6 Å². The Morgan fingerprint density at radius 2 is 2.25 bits per heavy atom. The molecule has 0 spiro atoms. The molecule has 1 unspecified atom stereocenters. The number of benzene rings is 1. The van der Waals surface area contributed by atoms with Crippen molar-refractivity contribution in [2.24, 2.45) is 0 Å². The van der Waals surface area contributed by atoms with Crippen molar-refractivity contribution in [1.29, 1.82) is 0 Å². The van der Waals surface area contributed by atoms with E-state index in [1.165, 1.54) is 6.07 Å². The largest absolute Gasteiger partial charge is 0.484 e. The molecule has 2 N–H and O–H groups in total. The van der Waals surface area contributed by atoms with E-state index in [2.05, 4.69) is 5.32 Å². The average molecular weight is 284 g/mol. The van der Waals surface area contributed by atoms with Gasteiger partial charge < -0.3 is 19.9 Å². The lowest BCUT2D eigenvalue weighted by Gasteiger charge is -2.10. The summed E-state index contributed by atoms with van der Waals surface area (Å²) in [6.07, 6.45) is -0.676. The fourth-order valence-corrected chi connectivity index (χ4v) is 1.55. The molecule has 0 aliphatic carbocycles. The van der Waals surface area contributed by atoms with Gasteiger partial charge in [0.2, 0.25) is 0 Å². The van der Waals surface area contributed by atoms with Crippen molar-refractivity contribution in [3.63, 3.8) is 0 Å². The van der Waals surface area contributed by atoms with Crippen molar-refractivity contribution in [3.05, 3.63) is 33.9 Å². The lowest BCUT2D eigenvalue weighted by atomic mass is 10.2. The van der Waals surface area contributed by atoms with Gasteiger partial charge in [-0.15, -0.1) is 0 Å². The first-order chi connectivity index (χ1) is 9.54. The van der Waals surface area contributed by atoms with Gasteiger partial charge in [0.25, 0.3) is 0 Å². The van der Waals surface area contributed by atoms with E-state index in [0.29, 0.717) is 19.7 Å². The molecule has 0 fully saturated rings. The summed E-state index contributed by atoms with van der Waals surface area (Å²) in [5.41, 5.74) is 0.689. The zero-order valence-corrected chi connectivity index (χ0v) is 11.7. The number of hydrogen-bond donors (Lipinski definition) is 2. The number of methoxy groups -OCH3 is 1. The van der Waals surface area contributed by atoms with E-state index >= 15 is 0 Å². The molecule has 0 amide bonds. The first-order valence-electron chi connectivity index (χ1n) is 6.32. The molecule has 1 rings (SSSR count). The van der Waals surface area contributed by atoms with E-state index in [9.17, 15) is 10.1 Å². The molecule has 1 aromatic rings. The Hall–Kier alpha value is -1.70. The third-order valence-corrected chi connectivity index (χ3v) is 2.51. The molecule has 0 bridgehead atoms. The quantitative estimate of drug-likeness (QED) is 0.400. The second-order valence-corrected chi connectivity index (χ2v) is 4.39. The molecule has 20 heavy (non-hydrogen) atoms. The fourth-order valence-electron chi connectivity index (χ4n) is 1.55. The molecule has 112 valence electrons. The zero-order valence-electron chi connectivity index (χ0n) is 11.7. The van der Waals surface area contributed by atoms with Gasteiger partial charge in [0.05, 0.1) is 17.6 Å². The number of nitrogens with one attached hydrogen (secondary N) is 1. The van der Waals surface area contributed by atoms with Crippen molar-refractivity contribution < 1.29 is 19.5 Å². The molecule has 0 saturated heterocycles. The van der Waals surface area contributed by atoms with Crippen LogP contribution in [0.25, 0.3) is 0 Å². The summed E-state index contributed by atoms with van der Waals surface area (Å²) in [6.45, 7) is 3.34. The maximum absolute atomic E-state index is 11.0. The van der Waals surface area contributed by atoms with Crippen LogP contribution in [-0.4, -0.2) is 43.0 Å². The molecule has 1 atom stereocenters. The number of nitro benzene ring substituents is 1. The van der Waals surface area contributed by atoms with Crippen molar-refractivity contribution in [3.8, 4) is 5.75 Å². The molecule has 1 aromatic carbocycles. The van der Waals surface area contributed by atoms with Crippen LogP contribution in [-0.2, 0) is 11.3 Å². The standard InChI is InChI=1S/C13H20N2O5/c1-10(16)9-20-13-4-3-11(7-12(13)15(17)18)8-14-5-6-19-2/h3-4,7,10,14,16H,5-6,8-9H2,1-2H3. The predicted octanol–water partition coefficient (Wildman–Crippen LogP) is 1.09. The first-order valence-corrected chi connectivity index (χ1v) is 6.32. The summed E-state index contributed by atoms with van der Waals surface area (Å²) in [4.78, 5) is 10.5. The van der Waals surface area contributed by atoms with Gasteiger partial charge in [-0.05, 0) is 18.6 Å². The van der Waals surface area contributed by atoms with Crippen molar-refractivity contribution >= 4 is 5.69 Å². The maximum atomic E-state index is 11.0. The van der Waals surface area contributed by atoms with Gasteiger partial charge in [-0.1, -0.05) is 6.07 Å². The highest BCUT2D eigenvalue weighted by molar-refractivity contribution is 5.48. The van der Waals surface area contributed by atoms with E-state index in [-0.39, 0.29) is 18.0 Å². The molecule has 7 nitrogen and oxygen atoms in total. The SMILES string of the molecule is COCCNCc1ccc(OCC(C)O)c([N+](=O)[O-])c1. The normalized spacial score (nSPS) is 12.2. The predicted molar refractivity (Wildman–Crippen MR) is 73.9 cm³/mol. The summed E-state index contributed by atoms with van der Waals surface area (Å²) >= 11 is 0. The van der Waals surface area contributed by atoms with Gasteiger partial charge in [0.15, 0.2) is 5.75 Å². The lowest BCUT2D eigenvalue weighted by molar-refractivity contribution is -0.386. The number of nitrogens with zero attached hydrogens (tertiary/aromatic N) is 1. The van der Waals surface area contributed by atoms with Crippen LogP contribution in [0.3, 0.4) is 0 Å². The van der Waals surface area contributed by atoms with Crippen molar-refractivity contribution in [1.82, 2.24) is 5.32 Å². The third-order valence-electron chi connectivity index (χ3n) is 2.51. The van der Waals surface area contributed by atoms with Gasteiger partial charge in [-0.3, -0.25) is 10.1 Å². The van der Waals surface area contributed by atoms with Crippen LogP contribution in [0.15, 0.2) is 18.2 Å². The second-order valence-electron chi connectivity index (χ2n) is 4.39. The molecule has 0 aromatic heterocycles. The van der Waals surface area contributed by atoms with E-state index < -0.39 is 11.0 Å². The van der Waals surface area contributed by atoms with E-state index in [4.69, 9.17) is 14.6 Å². The Morgan fingerprint density at radius 1 is 1.50 bits per heavy atom. The summed E-state index contributed by atoms with van der Waals surface area (Å²) in [6, 6.07) is 4.77. The van der Waals surface area contributed by atoms with E-state index in [0.717, 1.165) is 5.56 Å². The highest BCUT2D eigenvalue weighted by atomic mass is 16.6. The molecular formula is C13H20N2O5. The maximum Gasteiger partial charge on any atom is 0.311 e.